The van der Waals surface area contributed by atoms with E-state index >= 15 is 0 Å². The first-order valence-corrected chi connectivity index (χ1v) is 16.2. The first-order chi connectivity index (χ1) is 18.3. The molecular formula is C31H59N7. The van der Waals surface area contributed by atoms with Crippen molar-refractivity contribution >= 4 is 11.9 Å². The molecule has 0 bridgehead atoms. The summed E-state index contributed by atoms with van der Waals surface area (Å²) < 4.78 is 0. The molecule has 0 unspecified atom stereocenters. The van der Waals surface area contributed by atoms with E-state index in [4.69, 9.17) is 5.73 Å². The second-order valence-corrected chi connectivity index (χ2v) is 13.6. The summed E-state index contributed by atoms with van der Waals surface area (Å²) >= 11 is 0. The average Bonchev–Trinajstić information content (AvgIpc) is 3.58. The molecule has 0 spiro atoms. The molecule has 3 N–H and O–H groups in total. The zero-order chi connectivity index (χ0) is 27.2. The van der Waals surface area contributed by atoms with Gasteiger partial charge in [-0.3, -0.25) is 15.3 Å². The van der Waals surface area contributed by atoms with Crippen LogP contribution in [0.15, 0.2) is 4.99 Å². The molecule has 38 heavy (non-hydrogen) atoms. The van der Waals surface area contributed by atoms with E-state index in [-0.39, 0.29) is 0 Å². The van der Waals surface area contributed by atoms with Crippen LogP contribution in [0.1, 0.15) is 112 Å². The van der Waals surface area contributed by atoms with E-state index < -0.39 is 0 Å². The Labute approximate surface area is 234 Å². The van der Waals surface area contributed by atoms with Crippen LogP contribution in [-0.4, -0.2) is 88.5 Å². The van der Waals surface area contributed by atoms with Crippen LogP contribution in [0.5, 0.6) is 0 Å². The van der Waals surface area contributed by atoms with Gasteiger partial charge in [-0.15, -0.1) is 0 Å². The Balaban J connectivity index is 1.54. The normalized spacial score (nSPS) is 28.4. The maximum absolute atomic E-state index is 9.46. The average molecular weight is 530 g/mol. The quantitative estimate of drug-likeness (QED) is 0.327. The summed E-state index contributed by atoms with van der Waals surface area (Å²) in [7, 11) is 0. The number of hydrogen-bond donors (Lipinski definition) is 2. The van der Waals surface area contributed by atoms with Gasteiger partial charge in [-0.25, -0.2) is 0 Å². The molecule has 218 valence electrons. The minimum atomic E-state index is 0.339. The maximum atomic E-state index is 9.46. The highest BCUT2D eigenvalue weighted by Gasteiger charge is 2.44. The van der Waals surface area contributed by atoms with Crippen LogP contribution in [-0.2, 0) is 0 Å². The number of likely N-dealkylation sites (tertiary alicyclic amines) is 1. The van der Waals surface area contributed by atoms with Gasteiger partial charge < -0.3 is 20.4 Å². The van der Waals surface area contributed by atoms with Crippen molar-refractivity contribution < 1.29 is 0 Å². The third kappa shape index (κ3) is 6.98. The molecular weight excluding hydrogens is 470 g/mol. The molecule has 0 aromatic heterocycles. The number of rotatable bonds is 13. The molecule has 3 fully saturated rings. The van der Waals surface area contributed by atoms with Crippen molar-refractivity contribution in [3.8, 4) is 0 Å². The van der Waals surface area contributed by atoms with Gasteiger partial charge in [0.25, 0.3) is 0 Å². The Bertz CT molecular complexity index is 774. The van der Waals surface area contributed by atoms with Gasteiger partial charge in [0.1, 0.15) is 0 Å². The highest BCUT2D eigenvalue weighted by Crippen LogP contribution is 2.35. The third-order valence-corrected chi connectivity index (χ3v) is 9.94. The zero-order valence-corrected chi connectivity index (χ0v) is 25.4. The highest BCUT2D eigenvalue weighted by molar-refractivity contribution is 5.80. The number of nitrogens with two attached hydrogens (primary N) is 1. The van der Waals surface area contributed by atoms with Crippen molar-refractivity contribution in [1.29, 1.82) is 5.41 Å². The number of aliphatic imine (C=N–C) groups is 1. The van der Waals surface area contributed by atoms with Crippen molar-refractivity contribution in [2.75, 3.05) is 32.7 Å². The van der Waals surface area contributed by atoms with Gasteiger partial charge in [-0.05, 0) is 56.3 Å². The van der Waals surface area contributed by atoms with Crippen LogP contribution < -0.4 is 5.73 Å². The standard InChI is InChI=1S/C31H59N7/c1-6-12-26-22-38(31(33)36(26)18-10-13-23(2)3)29(19-25-14-8-7-9-15-25)35-17-11-16-27(35)21-37-28(24(4)5)20-34-30(37)32/h23-29,33H,6-22H2,1-5H3,(H2,32,34)/t26-,27+,28+,29-/m1/s1. The lowest BCUT2D eigenvalue weighted by molar-refractivity contribution is 0.0456. The van der Waals surface area contributed by atoms with Gasteiger partial charge >= 0.3 is 0 Å². The van der Waals surface area contributed by atoms with E-state index in [2.05, 4.69) is 59.2 Å². The minimum absolute atomic E-state index is 0.339. The monoisotopic (exact) mass is 529 g/mol. The summed E-state index contributed by atoms with van der Waals surface area (Å²) in [6.07, 6.45) is 15.8. The van der Waals surface area contributed by atoms with Gasteiger partial charge in [-0.2, -0.15) is 0 Å². The minimum Gasteiger partial charge on any atom is -0.370 e. The van der Waals surface area contributed by atoms with E-state index in [0.717, 1.165) is 56.5 Å². The van der Waals surface area contributed by atoms with Gasteiger partial charge in [0.15, 0.2) is 11.9 Å². The maximum Gasteiger partial charge on any atom is 0.195 e. The number of guanidine groups is 2. The van der Waals surface area contributed by atoms with Crippen molar-refractivity contribution in [2.45, 2.75) is 136 Å². The lowest BCUT2D eigenvalue weighted by Crippen LogP contribution is -2.56. The number of nitrogens with one attached hydrogen (secondary N) is 1. The van der Waals surface area contributed by atoms with E-state index in [9.17, 15) is 5.41 Å². The predicted molar refractivity (Wildman–Crippen MR) is 160 cm³/mol. The Kier molecular flexibility index (Phi) is 10.6. The Morgan fingerprint density at radius 2 is 1.76 bits per heavy atom. The smallest absolute Gasteiger partial charge is 0.195 e. The molecule has 4 aliphatic rings. The van der Waals surface area contributed by atoms with Crippen LogP contribution in [0.4, 0.5) is 0 Å². The Hall–Kier alpha value is -1.50. The summed E-state index contributed by atoms with van der Waals surface area (Å²) in [6.45, 7) is 16.6. The molecule has 1 saturated carbocycles. The van der Waals surface area contributed by atoms with Crippen LogP contribution in [0, 0.1) is 23.2 Å². The highest BCUT2D eigenvalue weighted by atomic mass is 15.5. The summed E-state index contributed by atoms with van der Waals surface area (Å²) in [4.78, 5) is 14.9. The molecule has 4 atom stereocenters. The van der Waals surface area contributed by atoms with E-state index in [1.807, 2.05) is 0 Å². The molecule has 0 aromatic carbocycles. The van der Waals surface area contributed by atoms with Gasteiger partial charge in [-0.1, -0.05) is 73.1 Å². The van der Waals surface area contributed by atoms with Crippen molar-refractivity contribution in [3.63, 3.8) is 0 Å². The molecule has 2 saturated heterocycles. The van der Waals surface area contributed by atoms with Crippen molar-refractivity contribution in [1.82, 2.24) is 19.6 Å². The van der Waals surface area contributed by atoms with Gasteiger partial charge in [0, 0.05) is 38.3 Å². The third-order valence-electron chi connectivity index (χ3n) is 9.94. The fraction of sp³-hybridized carbons (Fsp3) is 0.935. The molecule has 1 aliphatic carbocycles. The van der Waals surface area contributed by atoms with Crippen LogP contribution in [0.25, 0.3) is 0 Å². The van der Waals surface area contributed by atoms with Crippen molar-refractivity contribution in [3.05, 3.63) is 0 Å². The van der Waals surface area contributed by atoms with Gasteiger partial charge in [0.05, 0.1) is 18.8 Å². The van der Waals surface area contributed by atoms with Crippen LogP contribution in [0.2, 0.25) is 0 Å². The number of nitrogens with zero attached hydrogens (tertiary/aromatic N) is 5. The van der Waals surface area contributed by atoms with E-state index in [1.54, 1.807) is 0 Å². The van der Waals surface area contributed by atoms with E-state index in [1.165, 1.54) is 77.0 Å². The molecule has 3 aliphatic heterocycles. The first kappa shape index (κ1) is 29.5. The van der Waals surface area contributed by atoms with Crippen LogP contribution >= 0.6 is 0 Å². The van der Waals surface area contributed by atoms with Crippen LogP contribution in [0.3, 0.4) is 0 Å². The predicted octanol–water partition coefficient (Wildman–Crippen LogP) is 5.56. The Morgan fingerprint density at radius 1 is 1.00 bits per heavy atom. The molecule has 0 radical (unpaired) electrons. The lowest BCUT2D eigenvalue weighted by atomic mass is 9.85. The van der Waals surface area contributed by atoms with Crippen molar-refractivity contribution in [2.24, 2.45) is 28.5 Å². The van der Waals surface area contributed by atoms with E-state index in [0.29, 0.717) is 30.2 Å². The summed E-state index contributed by atoms with van der Waals surface area (Å²) in [5.41, 5.74) is 6.44. The summed E-state index contributed by atoms with van der Waals surface area (Å²) in [5, 5.41) is 9.46. The SMILES string of the molecule is CCC[C@@H]1CN([C@H](CC2CCCCC2)N2CCC[C@H]2CN2C(N)=NC[C@H]2C(C)C)C(=N)N1CCCC(C)C. The molecule has 3 heterocycles. The topological polar surface area (TPSA) is 75.2 Å². The fourth-order valence-electron chi connectivity index (χ4n) is 7.73. The van der Waals surface area contributed by atoms with Gasteiger partial charge in [0.2, 0.25) is 0 Å². The molecule has 0 amide bonds. The second kappa shape index (κ2) is 13.7. The summed E-state index contributed by atoms with van der Waals surface area (Å²) in [6, 6.07) is 1.40. The second-order valence-electron chi connectivity index (χ2n) is 13.6. The largest absolute Gasteiger partial charge is 0.370 e. The summed E-state index contributed by atoms with van der Waals surface area (Å²) in [5.74, 6) is 3.62. The first-order valence-electron chi connectivity index (χ1n) is 16.2. The number of hydrogen-bond acceptors (Lipinski definition) is 5. The Morgan fingerprint density at radius 3 is 2.45 bits per heavy atom. The fourth-order valence-corrected chi connectivity index (χ4v) is 7.73. The zero-order valence-electron chi connectivity index (χ0n) is 25.4. The molecule has 7 heteroatoms. The molecule has 0 aromatic rings. The lowest BCUT2D eigenvalue weighted by Gasteiger charge is -2.43. The molecule has 7 nitrogen and oxygen atoms in total. The molecule has 4 rings (SSSR count).